The molecule has 3 rings (SSSR count). The summed E-state index contributed by atoms with van der Waals surface area (Å²) in [6.07, 6.45) is 3.40. The topological polar surface area (TPSA) is 35.6 Å². The molecule has 0 radical (unpaired) electrons. The van der Waals surface area contributed by atoms with Crippen LogP contribution in [0.1, 0.15) is 19.3 Å². The molecule has 19 heavy (non-hydrogen) atoms. The summed E-state index contributed by atoms with van der Waals surface area (Å²) >= 11 is 0. The van der Waals surface area contributed by atoms with Crippen LogP contribution in [0.2, 0.25) is 0 Å². The van der Waals surface area contributed by atoms with Gasteiger partial charge in [-0.2, -0.15) is 0 Å². The van der Waals surface area contributed by atoms with Crippen LogP contribution in [-0.2, 0) is 4.79 Å². The first-order valence-corrected chi connectivity index (χ1v) is 7.09. The number of hydrogen-bond acceptors (Lipinski definition) is 3. The van der Waals surface area contributed by atoms with Gasteiger partial charge in [-0.15, -0.1) is 0 Å². The number of nitrogens with zero attached hydrogens (tertiary/aromatic N) is 2. The summed E-state index contributed by atoms with van der Waals surface area (Å²) in [4.78, 5) is 16.4. The second-order valence-electron chi connectivity index (χ2n) is 5.45. The molecule has 0 bridgehead atoms. The minimum atomic E-state index is 0.235. The van der Waals surface area contributed by atoms with Crippen LogP contribution in [0.25, 0.3) is 0 Å². The number of hydrogen-bond donors (Lipinski definition) is 1. The summed E-state index contributed by atoms with van der Waals surface area (Å²) < 4.78 is 0. The monoisotopic (exact) mass is 259 g/mol. The van der Waals surface area contributed by atoms with Gasteiger partial charge in [0.1, 0.15) is 0 Å². The van der Waals surface area contributed by atoms with E-state index in [0.717, 1.165) is 30.9 Å². The summed E-state index contributed by atoms with van der Waals surface area (Å²) in [5, 5.41) is 3.43. The van der Waals surface area contributed by atoms with Gasteiger partial charge in [-0.1, -0.05) is 12.1 Å². The molecule has 0 atom stereocenters. The first kappa shape index (κ1) is 12.3. The number of rotatable bonds is 3. The highest BCUT2D eigenvalue weighted by Crippen LogP contribution is 2.29. The molecule has 1 N–H and O–H groups in total. The van der Waals surface area contributed by atoms with Gasteiger partial charge in [0.25, 0.3) is 0 Å². The van der Waals surface area contributed by atoms with Gasteiger partial charge in [-0.3, -0.25) is 4.79 Å². The predicted molar refractivity (Wildman–Crippen MR) is 77.6 cm³/mol. The number of amides is 1. The smallest absolute Gasteiger partial charge is 0.242 e. The molecule has 1 amide bonds. The number of nitrogens with one attached hydrogen (secondary N) is 1. The maximum absolute atomic E-state index is 12.3. The number of fused-ring (bicyclic) bond motifs is 1. The van der Waals surface area contributed by atoms with E-state index in [-0.39, 0.29) is 5.91 Å². The van der Waals surface area contributed by atoms with Crippen molar-refractivity contribution in [2.75, 3.05) is 36.9 Å². The van der Waals surface area contributed by atoms with Crippen LogP contribution in [0.15, 0.2) is 24.3 Å². The number of anilines is 2. The Labute approximate surface area is 114 Å². The molecule has 1 aromatic rings. The minimum absolute atomic E-state index is 0.235. The SMILES string of the molecule is CN(C(=O)CN1CCCNc2ccccc21)C1CC1. The van der Waals surface area contributed by atoms with Gasteiger partial charge in [0.2, 0.25) is 5.91 Å². The van der Waals surface area contributed by atoms with E-state index in [9.17, 15) is 4.79 Å². The molecule has 0 unspecified atom stereocenters. The highest BCUT2D eigenvalue weighted by molar-refractivity contribution is 5.84. The first-order chi connectivity index (χ1) is 9.25. The third-order valence-corrected chi connectivity index (χ3v) is 3.98. The van der Waals surface area contributed by atoms with Crippen molar-refractivity contribution < 1.29 is 4.79 Å². The molecule has 102 valence electrons. The second kappa shape index (κ2) is 5.11. The fourth-order valence-electron chi connectivity index (χ4n) is 2.62. The van der Waals surface area contributed by atoms with Gasteiger partial charge in [-0.05, 0) is 31.4 Å². The molecule has 1 saturated carbocycles. The van der Waals surface area contributed by atoms with E-state index < -0.39 is 0 Å². The normalized spacial score (nSPS) is 18.3. The average molecular weight is 259 g/mol. The summed E-state index contributed by atoms with van der Waals surface area (Å²) in [6, 6.07) is 8.75. The van der Waals surface area contributed by atoms with Crippen LogP contribution in [0.3, 0.4) is 0 Å². The largest absolute Gasteiger partial charge is 0.383 e. The van der Waals surface area contributed by atoms with Crippen LogP contribution >= 0.6 is 0 Å². The molecule has 1 aromatic carbocycles. The van der Waals surface area contributed by atoms with Crippen molar-refractivity contribution in [2.24, 2.45) is 0 Å². The van der Waals surface area contributed by atoms with E-state index in [1.54, 1.807) is 0 Å². The van der Waals surface area contributed by atoms with Crippen molar-refractivity contribution in [3.05, 3.63) is 24.3 Å². The van der Waals surface area contributed by atoms with Gasteiger partial charge in [0, 0.05) is 26.2 Å². The Kier molecular flexibility index (Phi) is 3.32. The average Bonchev–Trinajstić information content (AvgIpc) is 3.25. The van der Waals surface area contributed by atoms with Crippen molar-refractivity contribution in [3.63, 3.8) is 0 Å². The molecule has 4 nitrogen and oxygen atoms in total. The van der Waals surface area contributed by atoms with Crippen LogP contribution in [0.4, 0.5) is 11.4 Å². The zero-order valence-corrected chi connectivity index (χ0v) is 11.4. The number of carbonyl (C=O) groups excluding carboxylic acids is 1. The zero-order chi connectivity index (χ0) is 13.2. The lowest BCUT2D eigenvalue weighted by atomic mass is 10.2. The van der Waals surface area contributed by atoms with Crippen LogP contribution in [0, 0.1) is 0 Å². The number of likely N-dealkylation sites (N-methyl/N-ethyl adjacent to an activating group) is 1. The van der Waals surface area contributed by atoms with E-state index in [2.05, 4.69) is 22.3 Å². The molecule has 4 heteroatoms. The maximum Gasteiger partial charge on any atom is 0.242 e. The Morgan fingerprint density at radius 1 is 1.42 bits per heavy atom. The number of para-hydroxylation sites is 2. The zero-order valence-electron chi connectivity index (χ0n) is 11.4. The van der Waals surface area contributed by atoms with E-state index in [0.29, 0.717) is 12.6 Å². The predicted octanol–water partition coefficient (Wildman–Crippen LogP) is 1.93. The summed E-state index contributed by atoms with van der Waals surface area (Å²) in [7, 11) is 1.93. The van der Waals surface area contributed by atoms with E-state index in [1.807, 2.05) is 24.1 Å². The molecule has 0 aromatic heterocycles. The van der Waals surface area contributed by atoms with Crippen molar-refractivity contribution in [1.82, 2.24) is 4.90 Å². The Bertz CT molecular complexity index is 470. The van der Waals surface area contributed by atoms with Gasteiger partial charge in [-0.25, -0.2) is 0 Å². The first-order valence-electron chi connectivity index (χ1n) is 7.09. The van der Waals surface area contributed by atoms with Crippen molar-refractivity contribution in [3.8, 4) is 0 Å². The third-order valence-electron chi connectivity index (χ3n) is 3.98. The van der Waals surface area contributed by atoms with E-state index in [4.69, 9.17) is 0 Å². The lowest BCUT2D eigenvalue weighted by Crippen LogP contribution is -2.39. The van der Waals surface area contributed by atoms with Gasteiger partial charge >= 0.3 is 0 Å². The van der Waals surface area contributed by atoms with E-state index in [1.165, 1.54) is 12.8 Å². The fraction of sp³-hybridized carbons (Fsp3) is 0.533. The van der Waals surface area contributed by atoms with Gasteiger partial charge < -0.3 is 15.1 Å². The van der Waals surface area contributed by atoms with Gasteiger partial charge in [0.15, 0.2) is 0 Å². The number of carbonyl (C=O) groups is 1. The summed E-state index contributed by atoms with van der Waals surface area (Å²) in [5.41, 5.74) is 2.29. The minimum Gasteiger partial charge on any atom is -0.383 e. The molecule has 0 saturated heterocycles. The van der Waals surface area contributed by atoms with Gasteiger partial charge in [0.05, 0.1) is 17.9 Å². The molecule has 1 heterocycles. The Morgan fingerprint density at radius 3 is 3.00 bits per heavy atom. The molecular formula is C15H21N3O. The third kappa shape index (κ3) is 2.67. The Balaban J connectivity index is 1.74. The summed E-state index contributed by atoms with van der Waals surface area (Å²) in [6.45, 7) is 2.40. The lowest BCUT2D eigenvalue weighted by Gasteiger charge is -2.26. The molecular weight excluding hydrogens is 238 g/mol. The van der Waals surface area contributed by atoms with Crippen molar-refractivity contribution >= 4 is 17.3 Å². The highest BCUT2D eigenvalue weighted by Gasteiger charge is 2.30. The van der Waals surface area contributed by atoms with E-state index >= 15 is 0 Å². The molecule has 1 aliphatic carbocycles. The van der Waals surface area contributed by atoms with Crippen molar-refractivity contribution in [1.29, 1.82) is 0 Å². The molecule has 0 spiro atoms. The molecule has 2 aliphatic rings. The fourth-order valence-corrected chi connectivity index (χ4v) is 2.62. The standard InChI is InChI=1S/C15H21N3O/c1-17(12-7-8-12)15(19)11-18-10-4-9-16-13-5-2-3-6-14(13)18/h2-3,5-6,12,16H,4,7-11H2,1H3. The maximum atomic E-state index is 12.3. The van der Waals surface area contributed by atoms with Crippen LogP contribution < -0.4 is 10.2 Å². The Hall–Kier alpha value is -1.71. The molecule has 1 fully saturated rings. The lowest BCUT2D eigenvalue weighted by molar-refractivity contribution is -0.128. The highest BCUT2D eigenvalue weighted by atomic mass is 16.2. The van der Waals surface area contributed by atoms with Crippen molar-refractivity contribution in [2.45, 2.75) is 25.3 Å². The Morgan fingerprint density at radius 2 is 2.21 bits per heavy atom. The quantitative estimate of drug-likeness (QED) is 0.901. The number of benzene rings is 1. The summed E-state index contributed by atoms with van der Waals surface area (Å²) in [5.74, 6) is 0.235. The van der Waals surface area contributed by atoms with Crippen LogP contribution in [-0.4, -0.2) is 43.5 Å². The second-order valence-corrected chi connectivity index (χ2v) is 5.45. The molecule has 1 aliphatic heterocycles. The van der Waals surface area contributed by atoms with Crippen LogP contribution in [0.5, 0.6) is 0 Å².